The zero-order valence-corrected chi connectivity index (χ0v) is 15.5. The zero-order valence-electron chi connectivity index (χ0n) is 15.5. The standard InChI is InChI=1S/C22H27NO3/c1-17(18-9-5-3-6-10-18)26-21(24)20(19-11-7-4-8-12-19)23-15-13-22(2,25)14-16-23/h3-12,17,20,25H,13-16H2,1-2H3/t17-,20+/m1/s1. The summed E-state index contributed by atoms with van der Waals surface area (Å²) in [5.74, 6) is -0.242. The van der Waals surface area contributed by atoms with E-state index in [1.54, 1.807) is 0 Å². The Labute approximate surface area is 155 Å². The van der Waals surface area contributed by atoms with E-state index in [0.717, 1.165) is 11.1 Å². The number of hydrogen-bond acceptors (Lipinski definition) is 4. The molecule has 1 aliphatic rings. The zero-order chi connectivity index (χ0) is 18.6. The summed E-state index contributed by atoms with van der Waals surface area (Å²) in [5, 5.41) is 10.2. The van der Waals surface area contributed by atoms with Crippen LogP contribution in [-0.2, 0) is 9.53 Å². The van der Waals surface area contributed by atoms with Gasteiger partial charge in [0.05, 0.1) is 5.60 Å². The summed E-state index contributed by atoms with van der Waals surface area (Å²) < 4.78 is 5.82. The van der Waals surface area contributed by atoms with Crippen LogP contribution in [0.2, 0.25) is 0 Å². The molecule has 0 saturated carbocycles. The molecular weight excluding hydrogens is 326 g/mol. The SMILES string of the molecule is C[C@@H](OC(=O)[C@H](c1ccccc1)N1CCC(C)(O)CC1)c1ccccc1. The maximum Gasteiger partial charge on any atom is 0.328 e. The summed E-state index contributed by atoms with van der Waals surface area (Å²) in [6.07, 6.45) is 0.998. The van der Waals surface area contributed by atoms with Crippen LogP contribution in [0.3, 0.4) is 0 Å². The molecule has 2 atom stereocenters. The Morgan fingerprint density at radius 3 is 2.04 bits per heavy atom. The first kappa shape index (κ1) is 18.6. The van der Waals surface area contributed by atoms with E-state index in [2.05, 4.69) is 4.90 Å². The van der Waals surface area contributed by atoms with Crippen LogP contribution in [0, 0.1) is 0 Å². The molecule has 0 aromatic heterocycles. The van der Waals surface area contributed by atoms with E-state index in [-0.39, 0.29) is 12.1 Å². The molecule has 4 heteroatoms. The van der Waals surface area contributed by atoms with Gasteiger partial charge in [0, 0.05) is 13.1 Å². The summed E-state index contributed by atoms with van der Waals surface area (Å²) in [6, 6.07) is 19.1. The predicted octanol–water partition coefficient (Wildman–Crippen LogP) is 3.88. The third-order valence-corrected chi connectivity index (χ3v) is 5.14. The van der Waals surface area contributed by atoms with Crippen LogP contribution < -0.4 is 0 Å². The lowest BCUT2D eigenvalue weighted by Crippen LogP contribution is -2.46. The van der Waals surface area contributed by atoms with Crippen molar-refractivity contribution >= 4 is 5.97 Å². The molecule has 1 saturated heterocycles. The van der Waals surface area contributed by atoms with E-state index in [0.29, 0.717) is 25.9 Å². The molecule has 3 rings (SSSR count). The van der Waals surface area contributed by atoms with E-state index in [9.17, 15) is 9.90 Å². The van der Waals surface area contributed by atoms with Crippen molar-refractivity contribution in [3.63, 3.8) is 0 Å². The number of nitrogens with zero attached hydrogens (tertiary/aromatic N) is 1. The maximum atomic E-state index is 13.1. The predicted molar refractivity (Wildman–Crippen MR) is 102 cm³/mol. The van der Waals surface area contributed by atoms with Gasteiger partial charge >= 0.3 is 5.97 Å². The molecular formula is C22H27NO3. The molecule has 2 aromatic rings. The van der Waals surface area contributed by atoms with Gasteiger partial charge < -0.3 is 9.84 Å². The third kappa shape index (κ3) is 4.51. The molecule has 0 aliphatic carbocycles. The van der Waals surface area contributed by atoms with Gasteiger partial charge in [-0.1, -0.05) is 60.7 Å². The van der Waals surface area contributed by atoms with Crippen molar-refractivity contribution in [3.05, 3.63) is 71.8 Å². The largest absolute Gasteiger partial charge is 0.456 e. The highest BCUT2D eigenvalue weighted by atomic mass is 16.5. The number of esters is 1. The molecule has 1 aliphatic heterocycles. The van der Waals surface area contributed by atoms with Gasteiger partial charge in [-0.05, 0) is 37.8 Å². The van der Waals surface area contributed by atoms with Crippen LogP contribution in [0.4, 0.5) is 0 Å². The number of likely N-dealkylation sites (tertiary alicyclic amines) is 1. The molecule has 0 radical (unpaired) electrons. The summed E-state index contributed by atoms with van der Waals surface area (Å²) in [5.41, 5.74) is 1.26. The molecule has 0 bridgehead atoms. The number of rotatable bonds is 5. The van der Waals surface area contributed by atoms with Gasteiger partial charge in [0.1, 0.15) is 12.1 Å². The van der Waals surface area contributed by atoms with E-state index in [1.807, 2.05) is 74.5 Å². The van der Waals surface area contributed by atoms with Crippen LogP contribution in [0.1, 0.15) is 50.0 Å². The molecule has 2 aromatic carbocycles. The highest BCUT2D eigenvalue weighted by Gasteiger charge is 2.36. The molecule has 0 unspecified atom stereocenters. The van der Waals surface area contributed by atoms with Gasteiger partial charge in [-0.25, -0.2) is 4.79 Å². The maximum absolute atomic E-state index is 13.1. The Bertz CT molecular complexity index is 705. The molecule has 1 heterocycles. The van der Waals surface area contributed by atoms with Gasteiger partial charge in [-0.15, -0.1) is 0 Å². The quantitative estimate of drug-likeness (QED) is 0.829. The molecule has 26 heavy (non-hydrogen) atoms. The summed E-state index contributed by atoms with van der Waals surface area (Å²) in [6.45, 7) is 5.09. The third-order valence-electron chi connectivity index (χ3n) is 5.14. The molecule has 1 fully saturated rings. The second kappa shape index (κ2) is 8.02. The Morgan fingerprint density at radius 2 is 1.50 bits per heavy atom. The minimum absolute atomic E-state index is 0.242. The van der Waals surface area contributed by atoms with E-state index >= 15 is 0 Å². The van der Waals surface area contributed by atoms with E-state index in [1.165, 1.54) is 0 Å². The number of benzene rings is 2. The summed E-state index contributed by atoms with van der Waals surface area (Å²) in [4.78, 5) is 15.2. The fraction of sp³-hybridized carbons (Fsp3) is 0.409. The fourth-order valence-electron chi connectivity index (χ4n) is 3.43. The summed E-state index contributed by atoms with van der Waals surface area (Å²) >= 11 is 0. The number of piperidine rings is 1. The van der Waals surface area contributed by atoms with Crippen LogP contribution in [0.5, 0.6) is 0 Å². The lowest BCUT2D eigenvalue weighted by Gasteiger charge is -2.39. The molecule has 0 spiro atoms. The Hall–Kier alpha value is -2.17. The number of carbonyl (C=O) groups is 1. The lowest BCUT2D eigenvalue weighted by atomic mass is 9.91. The Kier molecular flexibility index (Phi) is 5.74. The number of hydrogen-bond donors (Lipinski definition) is 1. The van der Waals surface area contributed by atoms with Gasteiger partial charge in [0.25, 0.3) is 0 Å². The normalized spacial score (nSPS) is 19.5. The van der Waals surface area contributed by atoms with Crippen LogP contribution >= 0.6 is 0 Å². The number of aliphatic hydroxyl groups is 1. The van der Waals surface area contributed by atoms with Crippen molar-refractivity contribution in [2.75, 3.05) is 13.1 Å². The van der Waals surface area contributed by atoms with Crippen LogP contribution in [0.15, 0.2) is 60.7 Å². The van der Waals surface area contributed by atoms with Crippen molar-refractivity contribution in [1.82, 2.24) is 4.90 Å². The average Bonchev–Trinajstić information content (AvgIpc) is 2.65. The minimum Gasteiger partial charge on any atom is -0.456 e. The highest BCUT2D eigenvalue weighted by Crippen LogP contribution is 2.31. The van der Waals surface area contributed by atoms with Crippen molar-refractivity contribution in [3.8, 4) is 0 Å². The first-order chi connectivity index (χ1) is 12.5. The highest BCUT2D eigenvalue weighted by molar-refractivity contribution is 5.78. The van der Waals surface area contributed by atoms with Crippen molar-refractivity contribution < 1.29 is 14.6 Å². The average molecular weight is 353 g/mol. The smallest absolute Gasteiger partial charge is 0.328 e. The van der Waals surface area contributed by atoms with Gasteiger partial charge in [0.15, 0.2) is 0 Å². The topological polar surface area (TPSA) is 49.8 Å². The first-order valence-electron chi connectivity index (χ1n) is 9.23. The number of carbonyl (C=O) groups excluding carboxylic acids is 1. The van der Waals surface area contributed by atoms with Crippen LogP contribution in [-0.4, -0.2) is 34.7 Å². The fourth-order valence-corrected chi connectivity index (χ4v) is 3.43. The lowest BCUT2D eigenvalue weighted by molar-refractivity contribution is -0.157. The molecule has 4 nitrogen and oxygen atoms in total. The second-order valence-corrected chi connectivity index (χ2v) is 7.34. The van der Waals surface area contributed by atoms with Gasteiger partial charge in [-0.2, -0.15) is 0 Å². The summed E-state index contributed by atoms with van der Waals surface area (Å²) in [7, 11) is 0. The van der Waals surface area contributed by atoms with Gasteiger partial charge in [0.2, 0.25) is 0 Å². The first-order valence-corrected chi connectivity index (χ1v) is 9.23. The molecule has 1 N–H and O–H groups in total. The Morgan fingerprint density at radius 1 is 1.00 bits per heavy atom. The molecule has 0 amide bonds. The van der Waals surface area contributed by atoms with Crippen molar-refractivity contribution in [2.45, 2.75) is 44.4 Å². The minimum atomic E-state index is -0.654. The second-order valence-electron chi connectivity index (χ2n) is 7.34. The molecule has 138 valence electrons. The van der Waals surface area contributed by atoms with Crippen LogP contribution in [0.25, 0.3) is 0 Å². The monoisotopic (exact) mass is 353 g/mol. The van der Waals surface area contributed by atoms with Gasteiger partial charge in [-0.3, -0.25) is 4.90 Å². The van der Waals surface area contributed by atoms with Crippen molar-refractivity contribution in [2.24, 2.45) is 0 Å². The van der Waals surface area contributed by atoms with E-state index in [4.69, 9.17) is 4.74 Å². The van der Waals surface area contributed by atoms with E-state index < -0.39 is 11.6 Å². The number of ether oxygens (including phenoxy) is 1. The Balaban J connectivity index is 1.78. The van der Waals surface area contributed by atoms with Crippen molar-refractivity contribution in [1.29, 1.82) is 0 Å².